The number of methoxy groups -OCH3 is 1. The van der Waals surface area contributed by atoms with Crippen LogP contribution < -0.4 is 14.8 Å². The molecule has 3 aromatic carbocycles. The minimum atomic E-state index is 0.222. The van der Waals surface area contributed by atoms with Gasteiger partial charge in [-0.1, -0.05) is 23.7 Å². The van der Waals surface area contributed by atoms with Crippen molar-refractivity contribution in [2.75, 3.05) is 12.4 Å². The number of rotatable bonds is 5. The number of ether oxygens (including phenoxy) is 2. The summed E-state index contributed by atoms with van der Waals surface area (Å²) in [6.07, 6.45) is 0. The Labute approximate surface area is 183 Å². The van der Waals surface area contributed by atoms with Crippen molar-refractivity contribution in [2.24, 2.45) is 0 Å². The van der Waals surface area contributed by atoms with E-state index in [0.29, 0.717) is 39.4 Å². The van der Waals surface area contributed by atoms with Gasteiger partial charge >= 0.3 is 0 Å². The lowest BCUT2D eigenvalue weighted by molar-refractivity contribution is 0.376. The first-order valence-corrected chi connectivity index (χ1v) is 9.48. The summed E-state index contributed by atoms with van der Waals surface area (Å²) in [6, 6.07) is 21.5. The molecule has 8 heteroatoms. The summed E-state index contributed by atoms with van der Waals surface area (Å²) in [5.41, 5.74) is 2.28. The predicted molar refractivity (Wildman–Crippen MR) is 117 cm³/mol. The third-order valence-electron chi connectivity index (χ3n) is 4.40. The fourth-order valence-corrected chi connectivity index (χ4v) is 3.17. The molecule has 1 N–H and O–H groups in total. The van der Waals surface area contributed by atoms with Crippen LogP contribution in [0.15, 0.2) is 60.7 Å². The van der Waals surface area contributed by atoms with Crippen LogP contribution in [0.5, 0.6) is 17.4 Å². The molecule has 7 nitrogen and oxygen atoms in total. The largest absolute Gasteiger partial charge is 0.493 e. The first kappa shape index (κ1) is 20.0. The Morgan fingerprint density at radius 1 is 0.935 bits per heavy atom. The van der Waals surface area contributed by atoms with E-state index in [0.717, 1.165) is 0 Å². The van der Waals surface area contributed by atoms with E-state index in [9.17, 15) is 0 Å². The first-order valence-electron chi connectivity index (χ1n) is 9.10. The summed E-state index contributed by atoms with van der Waals surface area (Å²) >= 11 is 6.35. The lowest BCUT2D eigenvalue weighted by Crippen LogP contribution is -2.01. The highest BCUT2D eigenvalue weighted by atomic mass is 35.5. The molecule has 4 rings (SSSR count). The van der Waals surface area contributed by atoms with Crippen molar-refractivity contribution in [3.8, 4) is 29.5 Å². The van der Waals surface area contributed by atoms with Crippen molar-refractivity contribution in [1.82, 2.24) is 9.97 Å². The van der Waals surface area contributed by atoms with Gasteiger partial charge in [-0.25, -0.2) is 4.98 Å². The van der Waals surface area contributed by atoms with Gasteiger partial charge in [0.05, 0.1) is 46.3 Å². The minimum Gasteiger partial charge on any atom is -0.493 e. The zero-order chi connectivity index (χ0) is 21.8. The van der Waals surface area contributed by atoms with Crippen LogP contribution in [0.2, 0.25) is 5.02 Å². The summed E-state index contributed by atoms with van der Waals surface area (Å²) in [6.45, 7) is 0. The smallest absolute Gasteiger partial charge is 0.232 e. The van der Waals surface area contributed by atoms with E-state index >= 15 is 0 Å². The highest BCUT2D eigenvalue weighted by molar-refractivity contribution is 6.32. The third kappa shape index (κ3) is 4.18. The van der Waals surface area contributed by atoms with Crippen molar-refractivity contribution >= 4 is 34.1 Å². The molecule has 0 atom stereocenters. The van der Waals surface area contributed by atoms with Crippen molar-refractivity contribution < 1.29 is 9.47 Å². The highest BCUT2D eigenvalue weighted by Gasteiger charge is 2.17. The second kappa shape index (κ2) is 8.58. The van der Waals surface area contributed by atoms with E-state index in [1.54, 1.807) is 30.3 Å². The van der Waals surface area contributed by atoms with Gasteiger partial charge in [-0.3, -0.25) is 0 Å². The normalized spacial score (nSPS) is 10.2. The number of halogens is 1. The highest BCUT2D eigenvalue weighted by Crippen LogP contribution is 2.40. The molecule has 31 heavy (non-hydrogen) atoms. The summed E-state index contributed by atoms with van der Waals surface area (Å²) < 4.78 is 11.4. The number of aromatic nitrogens is 2. The maximum atomic E-state index is 9.16. The topological polar surface area (TPSA) is 104 Å². The number of nitrogens with zero attached hydrogens (tertiary/aromatic N) is 4. The van der Waals surface area contributed by atoms with E-state index in [4.69, 9.17) is 31.6 Å². The number of hydrogen-bond donors (Lipinski definition) is 1. The van der Waals surface area contributed by atoms with Crippen molar-refractivity contribution in [3.05, 3.63) is 76.8 Å². The minimum absolute atomic E-state index is 0.222. The van der Waals surface area contributed by atoms with Crippen molar-refractivity contribution in [1.29, 1.82) is 10.5 Å². The van der Waals surface area contributed by atoms with E-state index in [1.807, 2.05) is 30.3 Å². The average Bonchev–Trinajstić information content (AvgIpc) is 2.80. The van der Waals surface area contributed by atoms with Crippen LogP contribution in [0.1, 0.15) is 11.1 Å². The second-order valence-electron chi connectivity index (χ2n) is 6.39. The summed E-state index contributed by atoms with van der Waals surface area (Å²) in [7, 11) is 1.47. The quantitative estimate of drug-likeness (QED) is 0.443. The van der Waals surface area contributed by atoms with Gasteiger partial charge in [-0.05, 0) is 42.5 Å². The number of fused-ring (bicyclic) bond motifs is 1. The van der Waals surface area contributed by atoms with E-state index in [1.165, 1.54) is 13.2 Å². The Hall–Kier alpha value is -4.33. The van der Waals surface area contributed by atoms with Gasteiger partial charge in [0.25, 0.3) is 0 Å². The Balaban J connectivity index is 1.77. The van der Waals surface area contributed by atoms with E-state index in [-0.39, 0.29) is 16.7 Å². The van der Waals surface area contributed by atoms with Crippen molar-refractivity contribution in [2.45, 2.75) is 0 Å². The number of nitrogens with one attached hydrogen (secondary N) is 1. The van der Waals surface area contributed by atoms with Gasteiger partial charge in [-0.15, -0.1) is 0 Å². The Morgan fingerprint density at radius 3 is 2.39 bits per heavy atom. The lowest BCUT2D eigenvalue weighted by Gasteiger charge is -2.14. The molecule has 0 saturated heterocycles. The van der Waals surface area contributed by atoms with Gasteiger partial charge in [-0.2, -0.15) is 15.5 Å². The summed E-state index contributed by atoms with van der Waals surface area (Å²) in [5.74, 6) is 1.14. The monoisotopic (exact) mass is 427 g/mol. The summed E-state index contributed by atoms with van der Waals surface area (Å²) in [4.78, 5) is 9.04. The number of para-hydroxylation sites is 1. The molecule has 0 aliphatic rings. The maximum Gasteiger partial charge on any atom is 0.232 e. The predicted octanol–water partition coefficient (Wildman–Crippen LogP) is 5.57. The number of benzene rings is 3. The average molecular weight is 428 g/mol. The lowest BCUT2D eigenvalue weighted by atomic mass is 10.2. The van der Waals surface area contributed by atoms with Crippen LogP contribution in [0.4, 0.5) is 11.6 Å². The molecule has 150 valence electrons. The number of nitriles is 2. The molecule has 0 bridgehead atoms. The molecule has 0 saturated carbocycles. The van der Waals surface area contributed by atoms with Gasteiger partial charge < -0.3 is 14.8 Å². The van der Waals surface area contributed by atoms with E-state index in [2.05, 4.69) is 21.4 Å². The molecule has 0 aliphatic heterocycles. The Kier molecular flexibility index (Phi) is 5.53. The molecule has 0 unspecified atom stereocenters. The molecule has 4 aromatic rings. The number of anilines is 2. The van der Waals surface area contributed by atoms with Crippen LogP contribution in [0.25, 0.3) is 10.9 Å². The van der Waals surface area contributed by atoms with Gasteiger partial charge in [0.15, 0.2) is 11.5 Å². The molecule has 1 aromatic heterocycles. The van der Waals surface area contributed by atoms with Gasteiger partial charge in [0.2, 0.25) is 11.8 Å². The zero-order valence-electron chi connectivity index (χ0n) is 16.3. The van der Waals surface area contributed by atoms with Crippen LogP contribution >= 0.6 is 11.6 Å². The number of hydrogen-bond acceptors (Lipinski definition) is 7. The standard InChI is InChI=1S/C23H14ClN5O2/c1-30-20-11-15(13-26)10-18(24)21(20)31-22-17-4-2-3-5-19(17)28-23(29-22)27-16-8-6-14(12-25)7-9-16/h2-11H,1H3,(H,27,28,29). The van der Waals surface area contributed by atoms with Gasteiger partial charge in [0.1, 0.15) is 0 Å². The fraction of sp³-hybridized carbons (Fsp3) is 0.0435. The first-order chi connectivity index (χ1) is 15.1. The molecule has 0 radical (unpaired) electrons. The van der Waals surface area contributed by atoms with Crippen LogP contribution in [0, 0.1) is 22.7 Å². The van der Waals surface area contributed by atoms with Crippen LogP contribution in [0.3, 0.4) is 0 Å². The molecular formula is C23H14ClN5O2. The molecule has 1 heterocycles. The van der Waals surface area contributed by atoms with Crippen LogP contribution in [-0.4, -0.2) is 17.1 Å². The third-order valence-corrected chi connectivity index (χ3v) is 4.68. The Morgan fingerprint density at radius 2 is 1.68 bits per heavy atom. The molecule has 0 aliphatic carbocycles. The molecule has 0 amide bonds. The molecular weight excluding hydrogens is 414 g/mol. The van der Waals surface area contributed by atoms with E-state index < -0.39 is 0 Å². The summed E-state index contributed by atoms with van der Waals surface area (Å²) in [5, 5.41) is 22.1. The SMILES string of the molecule is COc1cc(C#N)cc(Cl)c1Oc1nc(Nc2ccc(C#N)cc2)nc2ccccc12. The van der Waals surface area contributed by atoms with Crippen LogP contribution in [-0.2, 0) is 0 Å². The Bertz CT molecular complexity index is 1360. The maximum absolute atomic E-state index is 9.16. The fourth-order valence-electron chi connectivity index (χ4n) is 2.92. The molecule has 0 fully saturated rings. The van der Waals surface area contributed by atoms with Crippen molar-refractivity contribution in [3.63, 3.8) is 0 Å². The zero-order valence-corrected chi connectivity index (χ0v) is 17.0. The molecule has 0 spiro atoms. The van der Waals surface area contributed by atoms with Gasteiger partial charge in [0, 0.05) is 11.8 Å². The second-order valence-corrected chi connectivity index (χ2v) is 6.79.